The number of nitrogens with zero attached hydrogens (tertiary/aromatic N) is 7. The molecule has 4 aliphatic rings. The van der Waals surface area contributed by atoms with Crippen LogP contribution in [-0.2, 0) is 9.47 Å². The number of urea groups is 1. The number of hydrogen-bond donors (Lipinski definition) is 2. The number of amides is 3. The van der Waals surface area contributed by atoms with Crippen LogP contribution in [0.4, 0.5) is 28.1 Å². The Hall–Kier alpha value is -4.33. The van der Waals surface area contributed by atoms with Crippen LogP contribution in [0, 0.1) is 0 Å². The molecule has 4 aliphatic heterocycles. The first kappa shape index (κ1) is 31.3. The summed E-state index contributed by atoms with van der Waals surface area (Å²) in [5.74, 6) is 1.90. The highest BCUT2D eigenvalue weighted by Crippen LogP contribution is 2.31. The Balaban J connectivity index is 1.01. The molecule has 13 nitrogen and oxygen atoms in total. The zero-order valence-corrected chi connectivity index (χ0v) is 27.3. The highest BCUT2D eigenvalue weighted by molar-refractivity contribution is 6.00. The van der Waals surface area contributed by atoms with E-state index >= 15 is 0 Å². The molecule has 248 valence electrons. The molecule has 13 heteroatoms. The van der Waals surface area contributed by atoms with E-state index in [4.69, 9.17) is 24.4 Å². The van der Waals surface area contributed by atoms with Crippen molar-refractivity contribution in [2.24, 2.45) is 0 Å². The Morgan fingerprint density at radius 2 is 1.49 bits per heavy atom. The minimum absolute atomic E-state index is 0.0133. The normalized spacial score (nSPS) is 24.1. The number of ether oxygens (including phenoxy) is 2. The lowest BCUT2D eigenvalue weighted by Crippen LogP contribution is -2.46. The summed E-state index contributed by atoms with van der Waals surface area (Å²) in [6, 6.07) is 14.7. The molecule has 3 amide bonds. The van der Waals surface area contributed by atoms with Gasteiger partial charge in [0.25, 0.3) is 5.91 Å². The number of benzene rings is 2. The number of nitrogens with one attached hydrogen (secondary N) is 2. The van der Waals surface area contributed by atoms with Crippen molar-refractivity contribution in [1.29, 1.82) is 0 Å². The molecule has 4 fully saturated rings. The van der Waals surface area contributed by atoms with Gasteiger partial charge in [-0.2, -0.15) is 15.0 Å². The maximum Gasteiger partial charge on any atom is 0.323 e. The molecule has 0 radical (unpaired) electrons. The van der Waals surface area contributed by atoms with Gasteiger partial charge in [-0.3, -0.25) is 4.79 Å². The highest BCUT2D eigenvalue weighted by atomic mass is 16.5. The molecule has 4 atom stereocenters. The van der Waals surface area contributed by atoms with Crippen LogP contribution in [0.2, 0.25) is 0 Å². The average molecular weight is 642 g/mol. The Morgan fingerprint density at radius 1 is 0.830 bits per heavy atom. The van der Waals surface area contributed by atoms with Crippen LogP contribution in [-0.4, -0.2) is 121 Å². The zero-order valence-electron chi connectivity index (χ0n) is 27.3. The van der Waals surface area contributed by atoms with Gasteiger partial charge in [0.05, 0.1) is 31.5 Å². The molecular formula is C34H43N9O4. The van der Waals surface area contributed by atoms with Crippen LogP contribution < -0.4 is 20.4 Å². The lowest BCUT2D eigenvalue weighted by Gasteiger charge is -2.35. The summed E-state index contributed by atoms with van der Waals surface area (Å²) in [5.41, 5.74) is 2.67. The number of carbonyl (C=O) groups excluding carboxylic acids is 2. The molecule has 0 saturated carbocycles. The van der Waals surface area contributed by atoms with Gasteiger partial charge in [-0.05, 0) is 88.8 Å². The van der Waals surface area contributed by atoms with Crippen molar-refractivity contribution in [3.63, 3.8) is 0 Å². The first-order chi connectivity index (χ1) is 22.8. The SMILES string of the molecule is C[C@H]1COCCN1c1nc(-c2ccc(NC(=O)Nc3ccc(C(=O)N4CC[C@@H](N(C)C)C4)cc3)cc2)nc(N2CC3CCC(C2)O3)n1. The summed E-state index contributed by atoms with van der Waals surface area (Å²) in [6.07, 6.45) is 3.52. The molecule has 2 aromatic carbocycles. The number of likely N-dealkylation sites (N-methyl/N-ethyl adjacent to an activating group) is 1. The van der Waals surface area contributed by atoms with Crippen LogP contribution in [0.5, 0.6) is 0 Å². The molecule has 1 aromatic heterocycles. The van der Waals surface area contributed by atoms with Gasteiger partial charge < -0.3 is 39.7 Å². The fraction of sp³-hybridized carbons (Fsp3) is 0.500. The molecule has 7 rings (SSSR count). The lowest BCUT2D eigenvalue weighted by molar-refractivity contribution is 0.0299. The van der Waals surface area contributed by atoms with Gasteiger partial charge in [-0.1, -0.05) is 0 Å². The van der Waals surface area contributed by atoms with Crippen molar-refractivity contribution in [2.75, 3.05) is 80.5 Å². The molecule has 5 heterocycles. The van der Waals surface area contributed by atoms with Crippen molar-refractivity contribution < 1.29 is 19.1 Å². The predicted octanol–water partition coefficient (Wildman–Crippen LogP) is 3.55. The first-order valence-electron chi connectivity index (χ1n) is 16.5. The summed E-state index contributed by atoms with van der Waals surface area (Å²) in [6.45, 7) is 7.10. The Morgan fingerprint density at radius 3 is 2.13 bits per heavy atom. The van der Waals surface area contributed by atoms with Crippen LogP contribution in [0.15, 0.2) is 48.5 Å². The molecule has 0 aliphatic carbocycles. The van der Waals surface area contributed by atoms with Gasteiger partial charge in [-0.15, -0.1) is 0 Å². The summed E-state index contributed by atoms with van der Waals surface area (Å²) in [4.78, 5) is 48.9. The van der Waals surface area contributed by atoms with Crippen LogP contribution in [0.1, 0.15) is 36.5 Å². The number of carbonyl (C=O) groups is 2. The fourth-order valence-electron chi connectivity index (χ4n) is 6.78. The van der Waals surface area contributed by atoms with Gasteiger partial charge in [0.2, 0.25) is 11.9 Å². The minimum atomic E-state index is -0.377. The number of hydrogen-bond acceptors (Lipinski definition) is 10. The Kier molecular flexibility index (Phi) is 8.93. The van der Waals surface area contributed by atoms with Gasteiger partial charge in [-0.25, -0.2) is 4.79 Å². The molecule has 47 heavy (non-hydrogen) atoms. The van der Waals surface area contributed by atoms with E-state index in [0.717, 1.165) is 51.0 Å². The van der Waals surface area contributed by atoms with E-state index in [2.05, 4.69) is 32.3 Å². The third-order valence-electron chi connectivity index (χ3n) is 9.53. The van der Waals surface area contributed by atoms with E-state index in [1.54, 1.807) is 24.3 Å². The number of rotatable bonds is 7. The standard InChI is InChI=1S/C34H43N9O4/c1-22-21-46-17-16-43(22)33-38-30(37-32(39-33)42-19-28-12-13-29(20-42)47-28)23-4-8-25(9-5-23)35-34(45)36-26-10-6-24(7-11-26)31(44)41-15-14-27(18-41)40(2)3/h4-11,22,27-29H,12-21H2,1-3H3,(H2,35,36,45)/t22-,27+,28?,29?/m0/s1. The van der Waals surface area contributed by atoms with Crippen molar-refractivity contribution in [3.05, 3.63) is 54.1 Å². The van der Waals surface area contributed by atoms with E-state index in [9.17, 15) is 9.59 Å². The van der Waals surface area contributed by atoms with Crippen molar-refractivity contribution in [2.45, 2.75) is 50.5 Å². The molecular weight excluding hydrogens is 598 g/mol. The van der Waals surface area contributed by atoms with Crippen molar-refractivity contribution >= 4 is 35.2 Å². The largest absolute Gasteiger partial charge is 0.377 e. The number of anilines is 4. The maximum absolute atomic E-state index is 12.9. The average Bonchev–Trinajstić information content (AvgIpc) is 3.71. The lowest BCUT2D eigenvalue weighted by atomic mass is 10.2. The van der Waals surface area contributed by atoms with E-state index < -0.39 is 0 Å². The van der Waals surface area contributed by atoms with Crippen molar-refractivity contribution in [1.82, 2.24) is 24.8 Å². The van der Waals surface area contributed by atoms with Gasteiger partial charge in [0, 0.05) is 61.3 Å². The van der Waals surface area contributed by atoms with E-state index in [-0.39, 0.29) is 30.2 Å². The Labute approximate surface area is 275 Å². The highest BCUT2D eigenvalue weighted by Gasteiger charge is 2.36. The predicted molar refractivity (Wildman–Crippen MR) is 180 cm³/mol. The minimum Gasteiger partial charge on any atom is -0.377 e. The molecule has 0 spiro atoms. The Bertz CT molecular complexity index is 1570. The second-order valence-electron chi connectivity index (χ2n) is 13.1. The third kappa shape index (κ3) is 7.02. The molecule has 4 saturated heterocycles. The molecule has 3 aromatic rings. The van der Waals surface area contributed by atoms with E-state index in [1.807, 2.05) is 43.3 Å². The maximum atomic E-state index is 12.9. The number of aromatic nitrogens is 3. The second kappa shape index (κ2) is 13.4. The van der Waals surface area contributed by atoms with Crippen LogP contribution >= 0.6 is 0 Å². The monoisotopic (exact) mass is 641 g/mol. The number of morpholine rings is 2. The topological polar surface area (TPSA) is 128 Å². The molecule has 2 unspecified atom stereocenters. The fourth-order valence-corrected chi connectivity index (χ4v) is 6.78. The van der Waals surface area contributed by atoms with E-state index in [1.165, 1.54) is 0 Å². The van der Waals surface area contributed by atoms with Gasteiger partial charge >= 0.3 is 6.03 Å². The van der Waals surface area contributed by atoms with Crippen molar-refractivity contribution in [3.8, 4) is 11.4 Å². The van der Waals surface area contributed by atoms with Crippen LogP contribution in [0.3, 0.4) is 0 Å². The van der Waals surface area contributed by atoms with Crippen LogP contribution in [0.25, 0.3) is 11.4 Å². The smallest absolute Gasteiger partial charge is 0.323 e. The van der Waals surface area contributed by atoms with Gasteiger partial charge in [0.15, 0.2) is 5.82 Å². The third-order valence-corrected chi connectivity index (χ3v) is 9.53. The number of likely N-dealkylation sites (tertiary alicyclic amines) is 1. The summed E-state index contributed by atoms with van der Waals surface area (Å²) in [7, 11) is 4.09. The van der Waals surface area contributed by atoms with E-state index in [0.29, 0.717) is 60.5 Å². The summed E-state index contributed by atoms with van der Waals surface area (Å²) >= 11 is 0. The second-order valence-corrected chi connectivity index (χ2v) is 13.1. The number of fused-ring (bicyclic) bond motifs is 2. The summed E-state index contributed by atoms with van der Waals surface area (Å²) in [5, 5.41) is 5.74. The van der Waals surface area contributed by atoms with Gasteiger partial charge in [0.1, 0.15) is 0 Å². The molecule has 2 N–H and O–H groups in total. The quantitative estimate of drug-likeness (QED) is 0.395. The zero-order chi connectivity index (χ0) is 32.5. The first-order valence-corrected chi connectivity index (χ1v) is 16.5. The summed E-state index contributed by atoms with van der Waals surface area (Å²) < 4.78 is 11.7. The molecule has 2 bridgehead atoms.